The zero-order chi connectivity index (χ0) is 25.9. The SMILES string of the molecule is O=C(NCC(F)(F)F)c1cn(-c2ccc(-c3ccccc3)cc2CS(=O)O)c(-c2ccccc2Cl)n1. The van der Waals surface area contributed by atoms with Crippen LogP contribution in [-0.2, 0) is 16.8 Å². The second-order valence-corrected chi connectivity index (χ2v) is 9.11. The van der Waals surface area contributed by atoms with E-state index in [4.69, 9.17) is 11.6 Å². The number of aromatic nitrogens is 2. The number of carbonyl (C=O) groups is 1. The molecular formula is C25H19ClF3N3O3S. The topological polar surface area (TPSA) is 84.2 Å². The third-order valence-corrected chi connectivity index (χ3v) is 6.12. The van der Waals surface area contributed by atoms with Gasteiger partial charge in [-0.1, -0.05) is 60.1 Å². The summed E-state index contributed by atoms with van der Waals surface area (Å²) in [5.41, 5.74) is 2.73. The molecule has 0 aliphatic carbocycles. The number of hydrogen-bond acceptors (Lipinski definition) is 3. The molecule has 6 nitrogen and oxygen atoms in total. The van der Waals surface area contributed by atoms with Gasteiger partial charge in [-0.15, -0.1) is 0 Å². The summed E-state index contributed by atoms with van der Waals surface area (Å²) in [7, 11) is 0. The lowest BCUT2D eigenvalue weighted by Crippen LogP contribution is -2.33. The molecule has 36 heavy (non-hydrogen) atoms. The van der Waals surface area contributed by atoms with Gasteiger partial charge < -0.3 is 9.87 Å². The molecule has 1 amide bonds. The molecule has 3 aromatic carbocycles. The van der Waals surface area contributed by atoms with Crippen LogP contribution in [0.15, 0.2) is 79.0 Å². The Morgan fingerprint density at radius 3 is 2.39 bits per heavy atom. The summed E-state index contributed by atoms with van der Waals surface area (Å²) in [5, 5.41) is 2.12. The molecule has 1 aromatic heterocycles. The van der Waals surface area contributed by atoms with Gasteiger partial charge in [0.05, 0.1) is 16.5 Å². The molecule has 4 aromatic rings. The van der Waals surface area contributed by atoms with Crippen molar-refractivity contribution >= 4 is 28.6 Å². The van der Waals surface area contributed by atoms with Crippen molar-refractivity contribution in [1.82, 2.24) is 14.9 Å². The molecule has 1 unspecified atom stereocenters. The van der Waals surface area contributed by atoms with Crippen LogP contribution in [0.4, 0.5) is 13.2 Å². The lowest BCUT2D eigenvalue weighted by atomic mass is 10.0. The molecule has 0 aliphatic rings. The van der Waals surface area contributed by atoms with Crippen LogP contribution in [-0.4, -0.2) is 36.9 Å². The zero-order valence-corrected chi connectivity index (χ0v) is 20.1. The van der Waals surface area contributed by atoms with Gasteiger partial charge in [-0.05, 0) is 41.0 Å². The maximum Gasteiger partial charge on any atom is 0.405 e. The number of hydrogen-bond donors (Lipinski definition) is 2. The maximum atomic E-state index is 12.6. The third kappa shape index (κ3) is 6.01. The van der Waals surface area contributed by atoms with Crippen molar-refractivity contribution in [3.05, 3.63) is 95.3 Å². The Hall–Kier alpha value is -3.47. The first kappa shape index (κ1) is 25.6. The van der Waals surface area contributed by atoms with Crippen molar-refractivity contribution in [1.29, 1.82) is 0 Å². The van der Waals surface area contributed by atoms with Gasteiger partial charge in [-0.3, -0.25) is 9.36 Å². The van der Waals surface area contributed by atoms with Crippen molar-refractivity contribution in [3.8, 4) is 28.2 Å². The molecule has 0 radical (unpaired) electrons. The number of imidazole rings is 1. The van der Waals surface area contributed by atoms with E-state index >= 15 is 0 Å². The van der Waals surface area contributed by atoms with Crippen LogP contribution in [0.1, 0.15) is 16.1 Å². The highest BCUT2D eigenvalue weighted by atomic mass is 35.5. The minimum atomic E-state index is -4.59. The summed E-state index contributed by atoms with van der Waals surface area (Å²) in [6, 6.07) is 21.3. The average Bonchev–Trinajstić information content (AvgIpc) is 3.27. The number of halogens is 4. The minimum Gasteiger partial charge on any atom is -0.342 e. The first-order valence-electron chi connectivity index (χ1n) is 10.6. The van der Waals surface area contributed by atoms with Gasteiger partial charge in [-0.2, -0.15) is 13.2 Å². The van der Waals surface area contributed by atoms with Gasteiger partial charge >= 0.3 is 6.18 Å². The first-order valence-corrected chi connectivity index (χ1v) is 12.2. The number of benzene rings is 3. The van der Waals surface area contributed by atoms with Gasteiger partial charge in [0.15, 0.2) is 11.1 Å². The molecule has 0 fully saturated rings. The molecule has 11 heteroatoms. The smallest absolute Gasteiger partial charge is 0.342 e. The van der Waals surface area contributed by atoms with Crippen LogP contribution in [0.2, 0.25) is 5.02 Å². The molecule has 0 bridgehead atoms. The maximum absolute atomic E-state index is 12.6. The number of amides is 1. The van der Waals surface area contributed by atoms with Crippen molar-refractivity contribution < 1.29 is 26.7 Å². The summed E-state index contributed by atoms with van der Waals surface area (Å²) in [4.78, 5) is 16.8. The molecule has 186 valence electrons. The standard InChI is InChI=1S/C25H19ClF3N3O3S/c26-20-9-5-4-8-19(20)23-31-21(24(33)30-15-25(27,28)29)13-32(23)22-11-10-17(12-18(22)14-36(34)35)16-6-2-1-3-7-16/h1-13H,14-15H2,(H,30,33)(H,34,35). The van der Waals surface area contributed by atoms with Crippen LogP contribution < -0.4 is 5.32 Å². The van der Waals surface area contributed by atoms with Crippen molar-refractivity contribution in [2.75, 3.05) is 6.54 Å². The van der Waals surface area contributed by atoms with Crippen molar-refractivity contribution in [3.63, 3.8) is 0 Å². The van der Waals surface area contributed by atoms with Gasteiger partial charge in [0.25, 0.3) is 5.91 Å². The number of nitrogens with zero attached hydrogens (tertiary/aromatic N) is 2. The Kier molecular flexibility index (Phi) is 7.58. The molecule has 2 N–H and O–H groups in total. The van der Waals surface area contributed by atoms with Gasteiger partial charge in [0.2, 0.25) is 0 Å². The predicted molar refractivity (Wildman–Crippen MR) is 132 cm³/mol. The first-order chi connectivity index (χ1) is 17.1. The molecular weight excluding hydrogens is 515 g/mol. The molecule has 0 spiro atoms. The van der Waals surface area contributed by atoms with Gasteiger partial charge in [0, 0.05) is 11.8 Å². The predicted octanol–water partition coefficient (Wildman–Crippen LogP) is 5.87. The third-order valence-electron chi connectivity index (χ3n) is 5.23. The van der Waals surface area contributed by atoms with Crippen LogP contribution in [0.3, 0.4) is 0 Å². The summed E-state index contributed by atoms with van der Waals surface area (Å²) >= 11 is 4.17. The van der Waals surface area contributed by atoms with E-state index in [2.05, 4.69) is 4.98 Å². The van der Waals surface area contributed by atoms with Crippen LogP contribution >= 0.6 is 11.6 Å². The molecule has 0 saturated heterocycles. The Balaban J connectivity index is 1.86. The molecule has 4 rings (SSSR count). The molecule has 1 heterocycles. The zero-order valence-electron chi connectivity index (χ0n) is 18.5. The fourth-order valence-electron chi connectivity index (χ4n) is 3.66. The second-order valence-electron chi connectivity index (χ2n) is 7.77. The van der Waals surface area contributed by atoms with E-state index in [1.807, 2.05) is 35.6 Å². The highest BCUT2D eigenvalue weighted by Crippen LogP contribution is 2.32. The molecule has 0 saturated carbocycles. The Labute approximate surface area is 212 Å². The number of nitrogens with one attached hydrogen (secondary N) is 1. The molecule has 0 aliphatic heterocycles. The second kappa shape index (κ2) is 10.7. The Morgan fingerprint density at radius 1 is 1.03 bits per heavy atom. The Morgan fingerprint density at radius 2 is 1.72 bits per heavy atom. The monoisotopic (exact) mass is 533 g/mol. The summed E-state index contributed by atoms with van der Waals surface area (Å²) in [6.07, 6.45) is -3.30. The fraction of sp³-hybridized carbons (Fsp3) is 0.120. The average molecular weight is 534 g/mol. The lowest BCUT2D eigenvalue weighted by Gasteiger charge is -2.15. The Bertz CT molecular complexity index is 1430. The van der Waals surface area contributed by atoms with E-state index in [9.17, 15) is 26.7 Å². The van der Waals surface area contributed by atoms with E-state index < -0.39 is 29.7 Å². The van der Waals surface area contributed by atoms with E-state index in [-0.39, 0.29) is 17.3 Å². The van der Waals surface area contributed by atoms with Crippen LogP contribution in [0, 0.1) is 0 Å². The number of rotatable bonds is 7. The number of carbonyl (C=O) groups excluding carboxylic acids is 1. The van der Waals surface area contributed by atoms with E-state index in [1.54, 1.807) is 42.5 Å². The van der Waals surface area contributed by atoms with Crippen molar-refractivity contribution in [2.45, 2.75) is 11.9 Å². The summed E-state index contributed by atoms with van der Waals surface area (Å²) in [5.74, 6) is -1.06. The van der Waals surface area contributed by atoms with Gasteiger partial charge in [-0.25, -0.2) is 9.19 Å². The van der Waals surface area contributed by atoms with E-state index in [1.165, 1.54) is 10.8 Å². The number of alkyl halides is 3. The summed E-state index contributed by atoms with van der Waals surface area (Å²) in [6.45, 7) is -1.51. The normalized spacial score (nSPS) is 12.4. The highest BCUT2D eigenvalue weighted by molar-refractivity contribution is 7.78. The van der Waals surface area contributed by atoms with Crippen LogP contribution in [0.5, 0.6) is 0 Å². The highest BCUT2D eigenvalue weighted by Gasteiger charge is 2.29. The van der Waals surface area contributed by atoms with Gasteiger partial charge in [0.1, 0.15) is 18.1 Å². The minimum absolute atomic E-state index is 0.190. The summed E-state index contributed by atoms with van der Waals surface area (Å²) < 4.78 is 60.9. The lowest BCUT2D eigenvalue weighted by molar-refractivity contribution is -0.123. The van der Waals surface area contributed by atoms with Crippen LogP contribution in [0.25, 0.3) is 28.2 Å². The van der Waals surface area contributed by atoms with Crippen molar-refractivity contribution in [2.24, 2.45) is 0 Å². The fourth-order valence-corrected chi connectivity index (χ4v) is 4.37. The van der Waals surface area contributed by atoms with E-state index in [0.29, 0.717) is 21.8 Å². The molecule has 1 atom stereocenters. The van der Waals surface area contributed by atoms with E-state index in [0.717, 1.165) is 11.1 Å². The quantitative estimate of drug-likeness (QED) is 0.291. The largest absolute Gasteiger partial charge is 0.405 e.